The average Bonchev–Trinajstić information content (AvgIpc) is 3.42. The summed E-state index contributed by atoms with van der Waals surface area (Å²) in [6, 6.07) is 13.9. The van der Waals surface area contributed by atoms with E-state index in [4.69, 9.17) is 16.6 Å². The molecule has 3 heterocycles. The van der Waals surface area contributed by atoms with Crippen molar-refractivity contribution in [1.29, 1.82) is 0 Å². The van der Waals surface area contributed by atoms with Gasteiger partial charge in [-0.1, -0.05) is 35.4 Å². The highest BCUT2D eigenvalue weighted by molar-refractivity contribution is 6.33. The van der Waals surface area contributed by atoms with E-state index in [1.54, 1.807) is 6.33 Å². The Morgan fingerprint density at radius 2 is 1.94 bits per heavy atom. The van der Waals surface area contributed by atoms with E-state index in [1.165, 1.54) is 35.8 Å². The molecule has 6 rings (SSSR count). The van der Waals surface area contributed by atoms with Gasteiger partial charge >= 0.3 is 0 Å². The summed E-state index contributed by atoms with van der Waals surface area (Å²) in [5.74, 6) is 1.00. The fraction of sp³-hybridized carbons (Fsp3) is 0.346. The van der Waals surface area contributed by atoms with Gasteiger partial charge < -0.3 is 9.88 Å². The van der Waals surface area contributed by atoms with Gasteiger partial charge in [0.2, 0.25) is 0 Å². The topological polar surface area (TPSA) is 55.6 Å². The molecule has 162 valence electrons. The highest BCUT2D eigenvalue weighted by Gasteiger charge is 2.20. The lowest BCUT2D eigenvalue weighted by Gasteiger charge is -2.26. The second-order valence-electron chi connectivity index (χ2n) is 9.05. The van der Waals surface area contributed by atoms with Gasteiger partial charge in [0.25, 0.3) is 0 Å². The number of halogens is 1. The summed E-state index contributed by atoms with van der Waals surface area (Å²) in [5, 5.41) is 6.21. The zero-order valence-electron chi connectivity index (χ0n) is 18.0. The van der Waals surface area contributed by atoms with Gasteiger partial charge in [-0.2, -0.15) is 0 Å². The van der Waals surface area contributed by atoms with Gasteiger partial charge in [0.15, 0.2) is 0 Å². The summed E-state index contributed by atoms with van der Waals surface area (Å²) >= 11 is 6.22. The number of aromatic nitrogens is 4. The number of aryl methyl sites for hydroxylation is 1. The van der Waals surface area contributed by atoms with Crippen molar-refractivity contribution in [3.63, 3.8) is 0 Å². The molecule has 1 unspecified atom stereocenters. The van der Waals surface area contributed by atoms with E-state index in [-0.39, 0.29) is 0 Å². The maximum atomic E-state index is 6.22. The standard InChI is InChI=1S/C26H26ClN5/c27-25-22-12-13-32(26(22)29-16-28-25)21-10-7-17(14-21)4-5-18-6-8-19-9-11-24(31-23(19)15-18)30-20-2-1-3-20/h6,8-9,11-16,20-21H,1-5,7,10H2,(H,30,31). The Hall–Kier alpha value is -2.92. The number of hydrogen-bond acceptors (Lipinski definition) is 4. The number of hydrogen-bond donors (Lipinski definition) is 1. The Morgan fingerprint density at radius 3 is 2.81 bits per heavy atom. The van der Waals surface area contributed by atoms with Crippen LogP contribution in [0.2, 0.25) is 5.15 Å². The van der Waals surface area contributed by atoms with Gasteiger partial charge in [0, 0.05) is 17.6 Å². The summed E-state index contributed by atoms with van der Waals surface area (Å²) in [6.07, 6.45) is 14.2. The monoisotopic (exact) mass is 443 g/mol. The van der Waals surface area contributed by atoms with Crippen molar-refractivity contribution >= 4 is 39.4 Å². The molecule has 2 aliphatic carbocycles. The lowest BCUT2D eigenvalue weighted by Crippen LogP contribution is -2.27. The first-order chi connectivity index (χ1) is 15.7. The van der Waals surface area contributed by atoms with Gasteiger partial charge in [-0.05, 0) is 74.8 Å². The number of benzene rings is 1. The minimum atomic E-state index is 0.340. The molecule has 0 radical (unpaired) electrons. The molecule has 0 bridgehead atoms. The van der Waals surface area contributed by atoms with Crippen LogP contribution in [0.1, 0.15) is 50.1 Å². The predicted molar refractivity (Wildman–Crippen MR) is 130 cm³/mol. The van der Waals surface area contributed by atoms with Crippen molar-refractivity contribution in [1.82, 2.24) is 19.5 Å². The SMILES string of the molecule is Clc1ncnc2c1ccn2C1C=C(CCc2ccc3ccc(NC4CCC4)nc3c2)CC1. The van der Waals surface area contributed by atoms with Crippen LogP contribution in [0, 0.1) is 0 Å². The molecule has 4 aromatic rings. The molecule has 2 aliphatic rings. The third kappa shape index (κ3) is 3.75. The van der Waals surface area contributed by atoms with Crippen LogP contribution in [-0.4, -0.2) is 25.6 Å². The molecule has 1 atom stereocenters. The Balaban J connectivity index is 1.16. The maximum absolute atomic E-state index is 6.22. The Kier molecular flexibility index (Phi) is 5.07. The quantitative estimate of drug-likeness (QED) is 0.273. The van der Waals surface area contributed by atoms with Crippen LogP contribution < -0.4 is 5.32 Å². The van der Waals surface area contributed by atoms with E-state index in [1.807, 2.05) is 6.07 Å². The Labute approximate surface area is 192 Å². The van der Waals surface area contributed by atoms with Crippen LogP contribution in [0.5, 0.6) is 0 Å². The molecule has 0 saturated heterocycles. The lowest BCUT2D eigenvalue weighted by atomic mass is 9.93. The number of nitrogens with one attached hydrogen (secondary N) is 1. The second kappa shape index (κ2) is 8.21. The molecule has 32 heavy (non-hydrogen) atoms. The second-order valence-corrected chi connectivity index (χ2v) is 9.41. The number of allylic oxidation sites excluding steroid dienone is 2. The minimum Gasteiger partial charge on any atom is -0.367 e. The van der Waals surface area contributed by atoms with Crippen molar-refractivity contribution in [3.05, 3.63) is 71.3 Å². The van der Waals surface area contributed by atoms with E-state index in [0.717, 1.165) is 48.1 Å². The molecule has 0 amide bonds. The van der Waals surface area contributed by atoms with E-state index >= 15 is 0 Å². The van der Waals surface area contributed by atoms with Crippen molar-refractivity contribution < 1.29 is 0 Å². The smallest absolute Gasteiger partial charge is 0.145 e. The largest absolute Gasteiger partial charge is 0.367 e. The number of rotatable bonds is 6. The molecule has 1 N–H and O–H groups in total. The molecule has 5 nitrogen and oxygen atoms in total. The molecule has 1 fully saturated rings. The lowest BCUT2D eigenvalue weighted by molar-refractivity contribution is 0.444. The minimum absolute atomic E-state index is 0.340. The maximum Gasteiger partial charge on any atom is 0.145 e. The van der Waals surface area contributed by atoms with E-state index in [0.29, 0.717) is 17.2 Å². The van der Waals surface area contributed by atoms with E-state index in [9.17, 15) is 0 Å². The zero-order chi connectivity index (χ0) is 21.5. The summed E-state index contributed by atoms with van der Waals surface area (Å²) < 4.78 is 2.23. The van der Waals surface area contributed by atoms with Crippen LogP contribution in [0.3, 0.4) is 0 Å². The number of nitrogens with zero attached hydrogens (tertiary/aromatic N) is 4. The number of fused-ring (bicyclic) bond motifs is 2. The highest BCUT2D eigenvalue weighted by Crippen LogP contribution is 2.34. The van der Waals surface area contributed by atoms with Crippen LogP contribution in [-0.2, 0) is 6.42 Å². The average molecular weight is 444 g/mol. The highest BCUT2D eigenvalue weighted by atomic mass is 35.5. The van der Waals surface area contributed by atoms with Crippen molar-refractivity contribution in [2.75, 3.05) is 5.32 Å². The third-order valence-corrected chi connectivity index (χ3v) is 7.26. The summed E-state index contributed by atoms with van der Waals surface area (Å²) in [6.45, 7) is 0. The van der Waals surface area contributed by atoms with Gasteiger partial charge in [0.1, 0.15) is 22.9 Å². The van der Waals surface area contributed by atoms with Gasteiger partial charge in [0.05, 0.1) is 16.9 Å². The number of pyridine rings is 1. The fourth-order valence-corrected chi connectivity index (χ4v) is 5.06. The van der Waals surface area contributed by atoms with Gasteiger partial charge in [-0.3, -0.25) is 0 Å². The van der Waals surface area contributed by atoms with Gasteiger partial charge in [-0.25, -0.2) is 15.0 Å². The third-order valence-electron chi connectivity index (χ3n) is 6.96. The zero-order valence-corrected chi connectivity index (χ0v) is 18.7. The van der Waals surface area contributed by atoms with Crippen LogP contribution >= 0.6 is 11.6 Å². The van der Waals surface area contributed by atoms with Crippen molar-refractivity contribution in [3.8, 4) is 0 Å². The molecular formula is C26H26ClN5. The molecule has 0 spiro atoms. The molecular weight excluding hydrogens is 418 g/mol. The first kappa shape index (κ1) is 19.7. The van der Waals surface area contributed by atoms with Crippen molar-refractivity contribution in [2.24, 2.45) is 0 Å². The summed E-state index contributed by atoms with van der Waals surface area (Å²) in [4.78, 5) is 13.4. The Bertz CT molecular complexity index is 1320. The fourth-order valence-electron chi connectivity index (χ4n) is 4.87. The number of anilines is 1. The van der Waals surface area contributed by atoms with E-state index in [2.05, 4.69) is 62.5 Å². The predicted octanol–water partition coefficient (Wildman–Crippen LogP) is 6.49. The summed E-state index contributed by atoms with van der Waals surface area (Å²) in [7, 11) is 0. The normalized spacial score (nSPS) is 18.8. The van der Waals surface area contributed by atoms with Crippen LogP contribution in [0.25, 0.3) is 21.9 Å². The molecule has 1 aromatic carbocycles. The first-order valence-corrected chi connectivity index (χ1v) is 11.9. The Morgan fingerprint density at radius 1 is 1.03 bits per heavy atom. The van der Waals surface area contributed by atoms with Gasteiger partial charge in [-0.15, -0.1) is 0 Å². The van der Waals surface area contributed by atoms with E-state index < -0.39 is 0 Å². The molecule has 1 saturated carbocycles. The molecule has 0 aliphatic heterocycles. The van der Waals surface area contributed by atoms with Crippen LogP contribution in [0.4, 0.5) is 5.82 Å². The molecule has 6 heteroatoms. The first-order valence-electron chi connectivity index (χ1n) is 11.6. The molecule has 3 aromatic heterocycles. The van der Waals surface area contributed by atoms with Crippen LogP contribution in [0.15, 0.2) is 60.6 Å². The van der Waals surface area contributed by atoms with Crippen molar-refractivity contribution in [2.45, 2.75) is 57.0 Å². The summed E-state index contributed by atoms with van der Waals surface area (Å²) in [5.41, 5.74) is 4.87.